The van der Waals surface area contributed by atoms with E-state index in [0.29, 0.717) is 18.0 Å². The van der Waals surface area contributed by atoms with Gasteiger partial charge in [0.15, 0.2) is 17.0 Å². The van der Waals surface area contributed by atoms with Gasteiger partial charge >= 0.3 is 0 Å². The molecule has 0 aliphatic carbocycles. The molecule has 1 amide bonds. The number of amides is 1. The summed E-state index contributed by atoms with van der Waals surface area (Å²) in [6.45, 7) is 2.29. The Kier molecular flexibility index (Phi) is 9.11. The number of carbonyl (C=O) groups excluding carboxylic acids is 1. The number of nitrogens with zero attached hydrogens (tertiary/aromatic N) is 3. The fourth-order valence-electron chi connectivity index (χ4n) is 3.95. The lowest BCUT2D eigenvalue weighted by Crippen LogP contribution is -2.49. The molecule has 1 aliphatic heterocycles. The molecule has 2 aromatic rings. The van der Waals surface area contributed by atoms with Crippen LogP contribution in [-0.2, 0) is 14.8 Å². The summed E-state index contributed by atoms with van der Waals surface area (Å²) < 4.78 is 40.6. The van der Waals surface area contributed by atoms with Gasteiger partial charge in [-0.25, -0.2) is 12.7 Å². The van der Waals surface area contributed by atoms with E-state index in [-0.39, 0.29) is 27.8 Å². The lowest BCUT2D eigenvalue weighted by atomic mass is 10.1. The summed E-state index contributed by atoms with van der Waals surface area (Å²) in [5.41, 5.74) is 12.5. The van der Waals surface area contributed by atoms with E-state index in [9.17, 15) is 13.2 Å². The fraction of sp³-hybridized carbons (Fsp3) is 0.375. The third kappa shape index (κ3) is 5.87. The van der Waals surface area contributed by atoms with Crippen molar-refractivity contribution in [3.63, 3.8) is 0 Å². The fourth-order valence-corrected chi connectivity index (χ4v) is 7.39. The maximum absolute atomic E-state index is 14.3. The number of ether oxygens (including phenoxy) is 2. The number of sulfonamides is 1. The third-order valence-electron chi connectivity index (χ3n) is 5.85. The summed E-state index contributed by atoms with van der Waals surface area (Å²) >= 11 is 7.89. The van der Waals surface area contributed by atoms with Crippen LogP contribution >= 0.6 is 23.4 Å². The highest BCUT2D eigenvalue weighted by atomic mass is 35.5. The molecule has 13 heteroatoms. The second-order valence-electron chi connectivity index (χ2n) is 8.42. The number of primary amides is 1. The number of hydrogen-bond donors (Lipinski definition) is 2. The van der Waals surface area contributed by atoms with Crippen molar-refractivity contribution in [1.82, 2.24) is 4.90 Å². The highest BCUT2D eigenvalue weighted by Gasteiger charge is 2.41. The topological polar surface area (TPSA) is 131 Å². The number of methoxy groups -OCH3 is 2. The second kappa shape index (κ2) is 11.7. The van der Waals surface area contributed by atoms with Gasteiger partial charge in [-0.15, -0.1) is 0 Å². The molecule has 2 unspecified atom stereocenters. The van der Waals surface area contributed by atoms with E-state index in [1.54, 1.807) is 23.6 Å². The van der Waals surface area contributed by atoms with Gasteiger partial charge < -0.3 is 30.7 Å². The monoisotopic (exact) mass is 569 g/mol. The standard InChI is InChI=1S/C24H32ClN5O5S2/c1-6-29-20(18(26)13-23(27)31)14-36-24(29)30(19-11-15(28(2)3)7-9-17(19)25)37(32,33)16-8-10-21(34-4)22(12-16)35-5/h7-12,14,18,24H,6,13,26H2,1-5H3,(H2,27,31). The van der Waals surface area contributed by atoms with Crippen LogP contribution in [0.5, 0.6) is 11.5 Å². The van der Waals surface area contributed by atoms with E-state index in [1.165, 1.54) is 48.5 Å². The van der Waals surface area contributed by atoms with Gasteiger partial charge in [-0.2, -0.15) is 0 Å². The molecule has 2 atom stereocenters. The minimum atomic E-state index is -4.21. The smallest absolute Gasteiger partial charge is 0.266 e. The van der Waals surface area contributed by atoms with Crippen molar-refractivity contribution >= 4 is 50.7 Å². The Hall–Kier alpha value is -2.80. The van der Waals surface area contributed by atoms with Crippen LogP contribution < -0.4 is 30.1 Å². The zero-order chi connectivity index (χ0) is 27.5. The van der Waals surface area contributed by atoms with E-state index in [4.69, 9.17) is 32.5 Å². The molecule has 0 aromatic heterocycles. The van der Waals surface area contributed by atoms with E-state index in [1.807, 2.05) is 30.8 Å². The van der Waals surface area contributed by atoms with Crippen molar-refractivity contribution < 1.29 is 22.7 Å². The van der Waals surface area contributed by atoms with Crippen molar-refractivity contribution in [2.45, 2.75) is 29.8 Å². The molecule has 3 rings (SSSR count). The number of thioether (sulfide) groups is 1. The van der Waals surface area contributed by atoms with Crippen molar-refractivity contribution in [1.29, 1.82) is 0 Å². The van der Waals surface area contributed by atoms with Crippen LogP contribution in [0.15, 0.2) is 52.4 Å². The molecule has 1 aliphatic rings. The number of rotatable bonds is 11. The first kappa shape index (κ1) is 28.8. The lowest BCUT2D eigenvalue weighted by molar-refractivity contribution is -0.118. The number of halogens is 1. The summed E-state index contributed by atoms with van der Waals surface area (Å²) in [6, 6.07) is 8.89. The Labute approximate surface area is 227 Å². The molecule has 0 spiro atoms. The van der Waals surface area contributed by atoms with Crippen molar-refractivity contribution in [2.75, 3.05) is 44.1 Å². The predicted molar refractivity (Wildman–Crippen MR) is 149 cm³/mol. The molecule has 37 heavy (non-hydrogen) atoms. The molecule has 0 saturated carbocycles. The van der Waals surface area contributed by atoms with Crippen LogP contribution in [0.3, 0.4) is 0 Å². The maximum Gasteiger partial charge on any atom is 0.266 e. The van der Waals surface area contributed by atoms with Crippen LogP contribution in [-0.4, -0.2) is 65.6 Å². The number of likely N-dealkylation sites (N-methyl/N-ethyl adjacent to an activating group) is 1. The zero-order valence-corrected chi connectivity index (χ0v) is 23.7. The van der Waals surface area contributed by atoms with Gasteiger partial charge in [0.25, 0.3) is 10.0 Å². The first-order chi connectivity index (χ1) is 17.5. The average molecular weight is 570 g/mol. The molecule has 202 valence electrons. The van der Waals surface area contributed by atoms with Crippen molar-refractivity contribution in [2.24, 2.45) is 11.5 Å². The number of hydrogen-bond acceptors (Lipinski definition) is 9. The Bertz CT molecular complexity index is 1290. The minimum absolute atomic E-state index is 0.0111. The zero-order valence-electron chi connectivity index (χ0n) is 21.3. The number of nitrogens with two attached hydrogens (primary N) is 2. The van der Waals surface area contributed by atoms with Gasteiger partial charge in [0.1, 0.15) is 0 Å². The number of carbonyl (C=O) groups is 1. The van der Waals surface area contributed by atoms with Gasteiger partial charge in [0.05, 0.1) is 35.9 Å². The van der Waals surface area contributed by atoms with Gasteiger partial charge in [-0.05, 0) is 42.7 Å². The summed E-state index contributed by atoms with van der Waals surface area (Å²) in [4.78, 5) is 15.2. The van der Waals surface area contributed by atoms with Crippen LogP contribution in [0, 0.1) is 0 Å². The molecule has 0 saturated heterocycles. The highest BCUT2D eigenvalue weighted by Crippen LogP contribution is 2.44. The molecule has 1 heterocycles. The quantitative estimate of drug-likeness (QED) is 0.419. The minimum Gasteiger partial charge on any atom is -0.493 e. The molecular weight excluding hydrogens is 538 g/mol. The first-order valence-electron chi connectivity index (χ1n) is 11.4. The Morgan fingerprint density at radius 1 is 1.16 bits per heavy atom. The Morgan fingerprint density at radius 3 is 2.41 bits per heavy atom. The summed E-state index contributed by atoms with van der Waals surface area (Å²) in [5.74, 6) is 0.118. The molecule has 0 radical (unpaired) electrons. The normalized spacial score (nSPS) is 16.2. The van der Waals surface area contributed by atoms with Gasteiger partial charge in [0.2, 0.25) is 5.91 Å². The van der Waals surface area contributed by atoms with Crippen LogP contribution in [0.2, 0.25) is 5.02 Å². The summed E-state index contributed by atoms with van der Waals surface area (Å²) in [7, 11) is 2.41. The summed E-state index contributed by atoms with van der Waals surface area (Å²) in [6.07, 6.45) is -0.0745. The van der Waals surface area contributed by atoms with Crippen LogP contribution in [0.1, 0.15) is 13.3 Å². The number of benzene rings is 2. The van der Waals surface area contributed by atoms with E-state index < -0.39 is 27.5 Å². The SMILES string of the molecule is CCN1C(C(N)CC(N)=O)=CSC1N(c1cc(N(C)C)ccc1Cl)S(=O)(=O)c1ccc(OC)c(OC)c1. The molecule has 4 N–H and O–H groups in total. The highest BCUT2D eigenvalue weighted by molar-refractivity contribution is 8.04. The third-order valence-corrected chi connectivity index (χ3v) is 9.15. The molecule has 0 bridgehead atoms. The number of anilines is 2. The van der Waals surface area contributed by atoms with Crippen molar-refractivity contribution in [3.05, 3.63) is 52.5 Å². The van der Waals surface area contributed by atoms with Crippen LogP contribution in [0.25, 0.3) is 0 Å². The Morgan fingerprint density at radius 2 is 1.84 bits per heavy atom. The molecule has 2 aromatic carbocycles. The molecular formula is C24H32ClN5O5S2. The predicted octanol–water partition coefficient (Wildman–Crippen LogP) is 3.01. The van der Waals surface area contributed by atoms with Gasteiger partial charge in [-0.1, -0.05) is 23.4 Å². The molecule has 0 fully saturated rings. The molecule has 10 nitrogen and oxygen atoms in total. The van der Waals surface area contributed by atoms with E-state index in [2.05, 4.69) is 0 Å². The summed E-state index contributed by atoms with van der Waals surface area (Å²) in [5, 5.41) is 2.02. The van der Waals surface area contributed by atoms with Crippen molar-refractivity contribution in [3.8, 4) is 11.5 Å². The average Bonchev–Trinajstić information content (AvgIpc) is 3.27. The van der Waals surface area contributed by atoms with E-state index in [0.717, 1.165) is 5.69 Å². The van der Waals surface area contributed by atoms with Gasteiger partial charge in [0, 0.05) is 44.5 Å². The maximum atomic E-state index is 14.3. The van der Waals surface area contributed by atoms with Crippen LogP contribution in [0.4, 0.5) is 11.4 Å². The Balaban J connectivity index is 2.20. The lowest BCUT2D eigenvalue weighted by Gasteiger charge is -2.38. The first-order valence-corrected chi connectivity index (χ1v) is 14.1. The second-order valence-corrected chi connectivity index (χ2v) is 11.6. The largest absolute Gasteiger partial charge is 0.493 e. The van der Waals surface area contributed by atoms with E-state index >= 15 is 0 Å². The van der Waals surface area contributed by atoms with Gasteiger partial charge in [-0.3, -0.25) is 4.79 Å².